The number of halogens is 2. The molecule has 0 aromatic carbocycles. The van der Waals surface area contributed by atoms with E-state index < -0.39 is 0 Å². The van der Waals surface area contributed by atoms with E-state index >= 15 is 0 Å². The van der Waals surface area contributed by atoms with Gasteiger partial charge in [-0.2, -0.15) is 0 Å². The lowest BCUT2D eigenvalue weighted by molar-refractivity contribution is 0.346. The minimum absolute atomic E-state index is 0.0805. The Balaban J connectivity index is 2.80. The molecule has 1 nitrogen and oxygen atoms in total. The van der Waals surface area contributed by atoms with Crippen LogP contribution in [0.1, 0.15) is 45.8 Å². The van der Waals surface area contributed by atoms with Gasteiger partial charge in [0, 0.05) is 11.5 Å². The van der Waals surface area contributed by atoms with E-state index in [-0.39, 0.29) is 15.9 Å². The summed E-state index contributed by atoms with van der Waals surface area (Å²) in [7, 11) is 0. The van der Waals surface area contributed by atoms with E-state index in [2.05, 4.69) is 36.7 Å². The molecule has 0 N–H and O–H groups in total. The van der Waals surface area contributed by atoms with Crippen molar-refractivity contribution in [3.63, 3.8) is 0 Å². The van der Waals surface area contributed by atoms with Crippen molar-refractivity contribution < 1.29 is 8.81 Å². The van der Waals surface area contributed by atoms with Crippen LogP contribution in [0.25, 0.3) is 0 Å². The molecule has 0 radical (unpaired) electrons. The third-order valence-corrected chi connectivity index (χ3v) is 3.01. The monoisotopic (exact) mass is 262 g/mol. The van der Waals surface area contributed by atoms with Crippen molar-refractivity contribution in [3.05, 3.63) is 22.3 Å². The summed E-state index contributed by atoms with van der Waals surface area (Å²) in [6, 6.07) is 1.47. The Kier molecular flexibility index (Phi) is 3.76. The Labute approximate surface area is 92.8 Å². The van der Waals surface area contributed by atoms with Gasteiger partial charge in [-0.05, 0) is 22.4 Å². The van der Waals surface area contributed by atoms with Crippen molar-refractivity contribution in [3.8, 4) is 0 Å². The molecule has 0 aliphatic rings. The van der Waals surface area contributed by atoms with Gasteiger partial charge in [0.15, 0.2) is 5.82 Å². The highest BCUT2D eigenvalue weighted by molar-refractivity contribution is 9.10. The summed E-state index contributed by atoms with van der Waals surface area (Å²) in [6.45, 7) is 6.30. The Morgan fingerprint density at radius 2 is 2.14 bits per heavy atom. The van der Waals surface area contributed by atoms with Crippen molar-refractivity contribution in [1.82, 2.24) is 0 Å². The predicted octanol–water partition coefficient (Wildman–Crippen LogP) is 4.65. The summed E-state index contributed by atoms with van der Waals surface area (Å²) < 4.78 is 18.6. The van der Waals surface area contributed by atoms with Gasteiger partial charge < -0.3 is 4.42 Å². The number of hydrogen-bond donors (Lipinski definition) is 0. The second-order valence-electron chi connectivity index (χ2n) is 4.22. The lowest BCUT2D eigenvalue weighted by Gasteiger charge is -2.21. The Bertz CT molecular complexity index is 285. The molecule has 0 spiro atoms. The zero-order valence-electron chi connectivity index (χ0n) is 8.86. The number of rotatable bonds is 4. The highest BCUT2D eigenvalue weighted by Crippen LogP contribution is 2.33. The third-order valence-electron chi connectivity index (χ3n) is 2.47. The van der Waals surface area contributed by atoms with Crippen LogP contribution >= 0.6 is 15.9 Å². The zero-order chi connectivity index (χ0) is 10.8. The van der Waals surface area contributed by atoms with Crippen molar-refractivity contribution in [2.24, 2.45) is 0 Å². The number of unbranched alkanes of at least 4 members (excludes halogenated alkanes) is 1. The van der Waals surface area contributed by atoms with Gasteiger partial charge in [-0.15, -0.1) is 0 Å². The van der Waals surface area contributed by atoms with Gasteiger partial charge in [-0.25, -0.2) is 4.39 Å². The molecule has 1 heterocycles. The summed E-state index contributed by atoms with van der Waals surface area (Å²) in [5.74, 6) is 0.403. The SMILES string of the molecule is CCCCC(C)(C)c1cc(F)c(Br)o1. The van der Waals surface area contributed by atoms with E-state index in [1.54, 1.807) is 0 Å². The van der Waals surface area contributed by atoms with Gasteiger partial charge in [0.1, 0.15) is 5.76 Å². The largest absolute Gasteiger partial charge is 0.451 e. The first kappa shape index (κ1) is 11.8. The molecule has 0 amide bonds. The van der Waals surface area contributed by atoms with Gasteiger partial charge in [0.25, 0.3) is 0 Å². The van der Waals surface area contributed by atoms with Crippen LogP contribution < -0.4 is 0 Å². The molecule has 0 saturated heterocycles. The molecule has 14 heavy (non-hydrogen) atoms. The van der Waals surface area contributed by atoms with Crippen LogP contribution in [0.3, 0.4) is 0 Å². The highest BCUT2D eigenvalue weighted by Gasteiger charge is 2.25. The van der Waals surface area contributed by atoms with Crippen LogP contribution in [-0.4, -0.2) is 0 Å². The molecule has 0 saturated carbocycles. The second-order valence-corrected chi connectivity index (χ2v) is 4.94. The summed E-state index contributed by atoms with van der Waals surface area (Å²) in [5, 5.41) is 0. The summed E-state index contributed by atoms with van der Waals surface area (Å²) in [5.41, 5.74) is -0.0805. The summed E-state index contributed by atoms with van der Waals surface area (Å²) in [4.78, 5) is 0. The van der Waals surface area contributed by atoms with Crippen molar-refractivity contribution in [2.45, 2.75) is 45.4 Å². The molecular weight excluding hydrogens is 247 g/mol. The first-order valence-electron chi connectivity index (χ1n) is 4.92. The Morgan fingerprint density at radius 3 is 2.57 bits per heavy atom. The van der Waals surface area contributed by atoms with Crippen molar-refractivity contribution >= 4 is 15.9 Å². The zero-order valence-corrected chi connectivity index (χ0v) is 10.4. The van der Waals surface area contributed by atoms with Crippen molar-refractivity contribution in [2.75, 3.05) is 0 Å². The third kappa shape index (κ3) is 2.59. The van der Waals surface area contributed by atoms with E-state index in [0.29, 0.717) is 0 Å². The first-order valence-corrected chi connectivity index (χ1v) is 5.72. The maximum atomic E-state index is 13.1. The minimum atomic E-state index is -0.315. The predicted molar refractivity (Wildman–Crippen MR) is 58.9 cm³/mol. The molecule has 0 aliphatic carbocycles. The standard InChI is InChI=1S/C11H16BrFO/c1-4-5-6-11(2,3)9-7-8(13)10(12)14-9/h7H,4-6H2,1-3H3. The summed E-state index contributed by atoms with van der Waals surface area (Å²) >= 11 is 3.04. The fourth-order valence-corrected chi connectivity index (χ4v) is 1.71. The van der Waals surface area contributed by atoms with Gasteiger partial charge >= 0.3 is 0 Å². The topological polar surface area (TPSA) is 13.1 Å². The lowest BCUT2D eigenvalue weighted by atomic mass is 9.85. The molecule has 0 atom stereocenters. The van der Waals surface area contributed by atoms with E-state index in [4.69, 9.17) is 4.42 Å². The van der Waals surface area contributed by atoms with Crippen molar-refractivity contribution in [1.29, 1.82) is 0 Å². The quantitative estimate of drug-likeness (QED) is 0.770. The molecule has 1 aromatic heterocycles. The molecule has 1 rings (SSSR count). The number of furan rings is 1. The van der Waals surface area contributed by atoms with Gasteiger partial charge in [-0.3, -0.25) is 0 Å². The average molecular weight is 263 g/mol. The van der Waals surface area contributed by atoms with Crippen LogP contribution in [0.15, 0.2) is 15.2 Å². The Morgan fingerprint density at radius 1 is 1.50 bits per heavy atom. The molecule has 0 aliphatic heterocycles. The average Bonchev–Trinajstić information content (AvgIpc) is 2.45. The number of hydrogen-bond acceptors (Lipinski definition) is 1. The van der Waals surface area contributed by atoms with E-state index in [9.17, 15) is 4.39 Å². The normalized spacial score (nSPS) is 12.1. The van der Waals surface area contributed by atoms with Crippen LogP contribution in [-0.2, 0) is 5.41 Å². The molecular formula is C11H16BrFO. The molecule has 3 heteroatoms. The maximum Gasteiger partial charge on any atom is 0.204 e. The van der Waals surface area contributed by atoms with E-state index in [0.717, 1.165) is 25.0 Å². The van der Waals surface area contributed by atoms with Gasteiger partial charge in [0.05, 0.1) is 0 Å². The lowest BCUT2D eigenvalue weighted by Crippen LogP contribution is -2.15. The molecule has 0 fully saturated rings. The van der Waals surface area contributed by atoms with Crippen LogP contribution in [0.2, 0.25) is 0 Å². The molecule has 1 aromatic rings. The van der Waals surface area contributed by atoms with Crippen LogP contribution in [0, 0.1) is 5.82 Å². The fourth-order valence-electron chi connectivity index (χ4n) is 1.42. The Hall–Kier alpha value is -0.310. The smallest absolute Gasteiger partial charge is 0.204 e. The maximum absolute atomic E-state index is 13.1. The molecule has 0 unspecified atom stereocenters. The minimum Gasteiger partial charge on any atom is -0.451 e. The van der Waals surface area contributed by atoms with Crippen LogP contribution in [0.4, 0.5) is 4.39 Å². The van der Waals surface area contributed by atoms with Gasteiger partial charge in [-0.1, -0.05) is 33.6 Å². The molecule has 0 bridgehead atoms. The molecule has 80 valence electrons. The van der Waals surface area contributed by atoms with Crippen LogP contribution in [0.5, 0.6) is 0 Å². The first-order chi connectivity index (χ1) is 6.47. The van der Waals surface area contributed by atoms with E-state index in [1.807, 2.05) is 0 Å². The van der Waals surface area contributed by atoms with E-state index in [1.165, 1.54) is 6.07 Å². The fraction of sp³-hybridized carbons (Fsp3) is 0.636. The van der Waals surface area contributed by atoms with Gasteiger partial charge in [0.2, 0.25) is 4.67 Å². The summed E-state index contributed by atoms with van der Waals surface area (Å²) in [6.07, 6.45) is 3.30. The second kappa shape index (κ2) is 4.47. The highest BCUT2D eigenvalue weighted by atomic mass is 79.9.